The Morgan fingerprint density at radius 2 is 2.14 bits per heavy atom. The minimum Gasteiger partial charge on any atom is -0.476 e. The van der Waals surface area contributed by atoms with Crippen LogP contribution in [0.25, 0.3) is 0 Å². The molecule has 1 aromatic rings. The zero-order chi connectivity index (χ0) is 15.1. The first-order chi connectivity index (χ1) is 10.7. The van der Waals surface area contributed by atoms with Crippen LogP contribution < -0.4 is 4.74 Å². The number of nitrogens with zero attached hydrogens (tertiary/aromatic N) is 3. The molecule has 3 aliphatic rings. The molecular formula is C17H23N3O2. The molecule has 0 bridgehead atoms. The SMILES string of the molecule is CC1CCCN1C(=O)c1cnc(C2CC2)c(OCC2CC2)n1. The quantitative estimate of drug-likeness (QED) is 0.839. The zero-order valence-electron chi connectivity index (χ0n) is 13.1. The van der Waals surface area contributed by atoms with E-state index in [0.717, 1.165) is 37.9 Å². The lowest BCUT2D eigenvalue weighted by atomic mass is 10.2. The Balaban J connectivity index is 1.56. The second-order valence-electron chi connectivity index (χ2n) is 6.96. The van der Waals surface area contributed by atoms with E-state index in [1.165, 1.54) is 12.8 Å². The van der Waals surface area contributed by atoms with Crippen molar-refractivity contribution in [1.29, 1.82) is 0 Å². The second kappa shape index (κ2) is 5.52. The highest BCUT2D eigenvalue weighted by Gasteiger charge is 2.33. The minimum absolute atomic E-state index is 0.00359. The summed E-state index contributed by atoms with van der Waals surface area (Å²) in [5, 5.41) is 0. The zero-order valence-corrected chi connectivity index (χ0v) is 13.1. The van der Waals surface area contributed by atoms with E-state index in [9.17, 15) is 4.79 Å². The van der Waals surface area contributed by atoms with E-state index in [4.69, 9.17) is 4.74 Å². The number of carbonyl (C=O) groups excluding carboxylic acids is 1. The minimum atomic E-state index is -0.00359. The van der Waals surface area contributed by atoms with Gasteiger partial charge in [-0.2, -0.15) is 0 Å². The van der Waals surface area contributed by atoms with Crippen LogP contribution in [0.4, 0.5) is 0 Å². The molecule has 0 spiro atoms. The summed E-state index contributed by atoms with van der Waals surface area (Å²) in [6.07, 6.45) is 8.60. The Kier molecular flexibility index (Phi) is 3.51. The second-order valence-corrected chi connectivity index (χ2v) is 6.96. The predicted molar refractivity (Wildman–Crippen MR) is 82.0 cm³/mol. The molecule has 1 atom stereocenters. The van der Waals surface area contributed by atoms with Crippen LogP contribution in [0.15, 0.2) is 6.20 Å². The fourth-order valence-electron chi connectivity index (χ4n) is 3.09. The van der Waals surface area contributed by atoms with Gasteiger partial charge in [-0.25, -0.2) is 4.98 Å². The summed E-state index contributed by atoms with van der Waals surface area (Å²) in [6.45, 7) is 3.64. The topological polar surface area (TPSA) is 55.3 Å². The molecule has 1 aliphatic heterocycles. The van der Waals surface area contributed by atoms with Crippen LogP contribution in [-0.2, 0) is 0 Å². The highest BCUT2D eigenvalue weighted by molar-refractivity contribution is 5.92. The Morgan fingerprint density at radius 3 is 2.77 bits per heavy atom. The molecule has 0 N–H and O–H groups in total. The lowest BCUT2D eigenvalue weighted by Gasteiger charge is -2.21. The lowest BCUT2D eigenvalue weighted by molar-refractivity contribution is 0.0739. The van der Waals surface area contributed by atoms with Gasteiger partial charge in [0.2, 0.25) is 5.88 Å². The van der Waals surface area contributed by atoms with E-state index in [-0.39, 0.29) is 5.91 Å². The van der Waals surface area contributed by atoms with Crippen LogP contribution in [0.2, 0.25) is 0 Å². The predicted octanol–water partition coefficient (Wildman–Crippen LogP) is 2.77. The summed E-state index contributed by atoms with van der Waals surface area (Å²) in [6, 6.07) is 0.299. The number of hydrogen-bond donors (Lipinski definition) is 0. The largest absolute Gasteiger partial charge is 0.476 e. The standard InChI is InChI=1S/C17H23N3O2/c1-11-3-2-8-20(11)17(21)14-9-18-15(13-6-7-13)16(19-14)22-10-12-4-5-12/h9,11-13H,2-8,10H2,1H3. The Hall–Kier alpha value is -1.65. The van der Waals surface area contributed by atoms with Crippen LogP contribution in [0.3, 0.4) is 0 Å². The van der Waals surface area contributed by atoms with E-state index in [1.807, 2.05) is 4.90 Å². The molecular weight excluding hydrogens is 278 g/mol. The van der Waals surface area contributed by atoms with Gasteiger partial charge in [0.15, 0.2) is 5.69 Å². The van der Waals surface area contributed by atoms with Gasteiger partial charge in [-0.3, -0.25) is 9.78 Å². The number of hydrogen-bond acceptors (Lipinski definition) is 4. The van der Waals surface area contributed by atoms with Gasteiger partial charge in [0.1, 0.15) is 5.69 Å². The van der Waals surface area contributed by atoms with Crippen molar-refractivity contribution < 1.29 is 9.53 Å². The fourth-order valence-corrected chi connectivity index (χ4v) is 3.09. The normalized spacial score (nSPS) is 24.6. The van der Waals surface area contributed by atoms with E-state index < -0.39 is 0 Å². The van der Waals surface area contributed by atoms with Crippen molar-refractivity contribution in [3.05, 3.63) is 17.6 Å². The van der Waals surface area contributed by atoms with Crippen LogP contribution >= 0.6 is 0 Å². The summed E-state index contributed by atoms with van der Waals surface area (Å²) in [5.41, 5.74) is 1.38. The summed E-state index contributed by atoms with van der Waals surface area (Å²) in [5.74, 6) is 1.76. The van der Waals surface area contributed by atoms with Crippen LogP contribution in [-0.4, -0.2) is 40.0 Å². The molecule has 5 heteroatoms. The van der Waals surface area contributed by atoms with E-state index in [2.05, 4.69) is 16.9 Å². The van der Waals surface area contributed by atoms with Crippen molar-refractivity contribution in [2.24, 2.45) is 5.92 Å². The summed E-state index contributed by atoms with van der Waals surface area (Å²) < 4.78 is 5.90. The monoisotopic (exact) mass is 301 g/mol. The van der Waals surface area contributed by atoms with Gasteiger partial charge >= 0.3 is 0 Å². The van der Waals surface area contributed by atoms with Gasteiger partial charge in [0.05, 0.1) is 12.8 Å². The molecule has 1 saturated heterocycles. The lowest BCUT2D eigenvalue weighted by Crippen LogP contribution is -2.34. The highest BCUT2D eigenvalue weighted by Crippen LogP contribution is 2.43. The average molecular weight is 301 g/mol. The van der Waals surface area contributed by atoms with Gasteiger partial charge in [-0.1, -0.05) is 0 Å². The van der Waals surface area contributed by atoms with E-state index in [0.29, 0.717) is 36.1 Å². The Labute approximate surface area is 131 Å². The number of aromatic nitrogens is 2. The molecule has 2 aliphatic carbocycles. The van der Waals surface area contributed by atoms with Crippen LogP contribution in [0.1, 0.15) is 67.5 Å². The van der Waals surface area contributed by atoms with Gasteiger partial charge in [-0.05, 0) is 51.4 Å². The third kappa shape index (κ3) is 2.81. The van der Waals surface area contributed by atoms with E-state index in [1.54, 1.807) is 6.20 Å². The molecule has 1 unspecified atom stereocenters. The fraction of sp³-hybridized carbons (Fsp3) is 0.706. The average Bonchev–Trinajstić information content (AvgIpc) is 3.44. The Bertz CT molecular complexity index is 581. The molecule has 5 nitrogen and oxygen atoms in total. The van der Waals surface area contributed by atoms with Crippen molar-refractivity contribution >= 4 is 5.91 Å². The third-order valence-electron chi connectivity index (χ3n) is 4.92. The van der Waals surface area contributed by atoms with Crippen molar-refractivity contribution in [2.45, 2.75) is 57.4 Å². The number of rotatable bonds is 5. The number of carbonyl (C=O) groups is 1. The molecule has 1 amide bonds. The van der Waals surface area contributed by atoms with Crippen LogP contribution in [0.5, 0.6) is 5.88 Å². The van der Waals surface area contributed by atoms with Gasteiger partial charge in [0, 0.05) is 18.5 Å². The number of ether oxygens (including phenoxy) is 1. The van der Waals surface area contributed by atoms with Gasteiger partial charge in [-0.15, -0.1) is 0 Å². The molecule has 0 aromatic carbocycles. The molecule has 4 rings (SSSR count). The summed E-state index contributed by atoms with van der Waals surface area (Å²) in [4.78, 5) is 23.6. The van der Waals surface area contributed by atoms with Crippen molar-refractivity contribution in [3.63, 3.8) is 0 Å². The van der Waals surface area contributed by atoms with Crippen molar-refractivity contribution in [2.75, 3.05) is 13.2 Å². The van der Waals surface area contributed by atoms with Crippen molar-refractivity contribution in [1.82, 2.24) is 14.9 Å². The molecule has 2 saturated carbocycles. The molecule has 118 valence electrons. The summed E-state index contributed by atoms with van der Waals surface area (Å²) >= 11 is 0. The van der Waals surface area contributed by atoms with Crippen LogP contribution in [0, 0.1) is 5.92 Å². The highest BCUT2D eigenvalue weighted by atomic mass is 16.5. The maximum absolute atomic E-state index is 12.6. The smallest absolute Gasteiger partial charge is 0.274 e. The molecule has 22 heavy (non-hydrogen) atoms. The Morgan fingerprint density at radius 1 is 1.32 bits per heavy atom. The molecule has 2 heterocycles. The molecule has 0 radical (unpaired) electrons. The van der Waals surface area contributed by atoms with Crippen molar-refractivity contribution in [3.8, 4) is 5.88 Å². The van der Waals surface area contributed by atoms with Gasteiger partial charge < -0.3 is 9.64 Å². The number of amides is 1. The van der Waals surface area contributed by atoms with E-state index >= 15 is 0 Å². The molecule has 3 fully saturated rings. The third-order valence-corrected chi connectivity index (χ3v) is 4.92. The van der Waals surface area contributed by atoms with Gasteiger partial charge in [0.25, 0.3) is 5.91 Å². The summed E-state index contributed by atoms with van der Waals surface area (Å²) in [7, 11) is 0. The molecule has 1 aromatic heterocycles. The first-order valence-corrected chi connectivity index (χ1v) is 8.53. The first kappa shape index (κ1) is 14.0. The maximum atomic E-state index is 12.6. The number of likely N-dealkylation sites (tertiary alicyclic amines) is 1. The maximum Gasteiger partial charge on any atom is 0.274 e. The first-order valence-electron chi connectivity index (χ1n) is 8.53.